The van der Waals surface area contributed by atoms with Crippen molar-refractivity contribution in [3.8, 4) is 0 Å². The molecule has 0 bridgehead atoms. The van der Waals surface area contributed by atoms with Crippen LogP contribution in [-0.4, -0.2) is 42.1 Å². The standard InChI is InChI=1S/C16H21NO3S2/c1-12-4-6-13(7-5-12)8-9-15(18)17-14(16(19)20-2)10-22-11-21-3/h4-9,14H,10-11H2,1-3H3,(H,17,18). The van der Waals surface area contributed by atoms with Crippen LogP contribution in [0.25, 0.3) is 6.08 Å². The summed E-state index contributed by atoms with van der Waals surface area (Å²) in [5, 5.41) is 3.54. The quantitative estimate of drug-likeness (QED) is 0.342. The predicted octanol–water partition coefficient (Wildman–Crippen LogP) is 2.72. The SMILES string of the molecule is COC(=O)C(CSCSC)NC(=O)C=Cc1ccc(C)cc1. The molecule has 0 radical (unpaired) electrons. The van der Waals surface area contributed by atoms with Crippen molar-refractivity contribution in [1.29, 1.82) is 0 Å². The van der Waals surface area contributed by atoms with Gasteiger partial charge in [0.25, 0.3) is 0 Å². The van der Waals surface area contributed by atoms with Crippen LogP contribution < -0.4 is 5.32 Å². The van der Waals surface area contributed by atoms with Gasteiger partial charge in [-0.1, -0.05) is 29.8 Å². The van der Waals surface area contributed by atoms with Gasteiger partial charge in [0, 0.05) is 16.9 Å². The fourth-order valence-electron chi connectivity index (χ4n) is 1.63. The first-order valence-corrected chi connectivity index (χ1v) is 9.31. The summed E-state index contributed by atoms with van der Waals surface area (Å²) in [6.45, 7) is 2.01. The molecule has 0 aromatic heterocycles. The van der Waals surface area contributed by atoms with Gasteiger partial charge in [-0.05, 0) is 24.8 Å². The molecular weight excluding hydrogens is 318 g/mol. The third-order valence-electron chi connectivity index (χ3n) is 2.79. The van der Waals surface area contributed by atoms with E-state index >= 15 is 0 Å². The molecule has 1 N–H and O–H groups in total. The summed E-state index contributed by atoms with van der Waals surface area (Å²) in [5.74, 6) is -0.233. The number of carbonyl (C=O) groups excluding carboxylic acids is 2. The first-order valence-electron chi connectivity index (χ1n) is 6.76. The summed E-state index contributed by atoms with van der Waals surface area (Å²) in [6.07, 6.45) is 5.14. The van der Waals surface area contributed by atoms with Crippen molar-refractivity contribution in [2.24, 2.45) is 0 Å². The Balaban J connectivity index is 2.57. The number of nitrogens with one attached hydrogen (secondary N) is 1. The van der Waals surface area contributed by atoms with Gasteiger partial charge in [0.15, 0.2) is 0 Å². The highest BCUT2D eigenvalue weighted by atomic mass is 32.2. The monoisotopic (exact) mass is 339 g/mol. The molecule has 120 valence electrons. The Morgan fingerprint density at radius 1 is 1.32 bits per heavy atom. The molecule has 0 aliphatic heterocycles. The van der Waals surface area contributed by atoms with E-state index in [2.05, 4.69) is 5.32 Å². The highest BCUT2D eigenvalue weighted by molar-refractivity contribution is 8.15. The minimum atomic E-state index is -0.627. The number of carbonyl (C=O) groups is 2. The van der Waals surface area contributed by atoms with E-state index in [0.717, 1.165) is 16.2 Å². The molecule has 1 atom stereocenters. The zero-order chi connectivity index (χ0) is 16.4. The number of hydrogen-bond acceptors (Lipinski definition) is 5. The lowest BCUT2D eigenvalue weighted by Crippen LogP contribution is -2.42. The van der Waals surface area contributed by atoms with Gasteiger partial charge in [-0.2, -0.15) is 11.8 Å². The maximum absolute atomic E-state index is 11.9. The van der Waals surface area contributed by atoms with Crippen LogP contribution >= 0.6 is 23.5 Å². The van der Waals surface area contributed by atoms with Gasteiger partial charge in [-0.15, -0.1) is 11.8 Å². The van der Waals surface area contributed by atoms with Gasteiger partial charge in [-0.25, -0.2) is 4.79 Å². The second-order valence-electron chi connectivity index (χ2n) is 4.61. The van der Waals surface area contributed by atoms with Crippen molar-refractivity contribution in [3.63, 3.8) is 0 Å². The van der Waals surface area contributed by atoms with Gasteiger partial charge in [0.2, 0.25) is 5.91 Å². The van der Waals surface area contributed by atoms with Crippen molar-refractivity contribution in [2.75, 3.05) is 24.2 Å². The van der Waals surface area contributed by atoms with Crippen LogP contribution in [0.3, 0.4) is 0 Å². The van der Waals surface area contributed by atoms with Crippen molar-refractivity contribution in [2.45, 2.75) is 13.0 Å². The largest absolute Gasteiger partial charge is 0.467 e. The lowest BCUT2D eigenvalue weighted by atomic mass is 10.1. The van der Waals surface area contributed by atoms with Crippen molar-refractivity contribution in [3.05, 3.63) is 41.5 Å². The molecule has 0 heterocycles. The molecule has 0 saturated carbocycles. The molecule has 6 heteroatoms. The summed E-state index contributed by atoms with van der Waals surface area (Å²) < 4.78 is 4.72. The summed E-state index contributed by atoms with van der Waals surface area (Å²) in [5.41, 5.74) is 2.10. The summed E-state index contributed by atoms with van der Waals surface area (Å²) >= 11 is 3.26. The summed E-state index contributed by atoms with van der Waals surface area (Å²) in [7, 11) is 1.32. The summed E-state index contributed by atoms with van der Waals surface area (Å²) in [6, 6.07) is 7.20. The van der Waals surface area contributed by atoms with E-state index < -0.39 is 12.0 Å². The number of aryl methyl sites for hydroxylation is 1. The van der Waals surface area contributed by atoms with Crippen LogP contribution in [0.2, 0.25) is 0 Å². The lowest BCUT2D eigenvalue weighted by Gasteiger charge is -2.14. The first-order chi connectivity index (χ1) is 10.6. The third kappa shape index (κ3) is 7.04. The Bertz CT molecular complexity index is 515. The van der Waals surface area contributed by atoms with Crippen LogP contribution in [0.1, 0.15) is 11.1 Å². The molecule has 1 rings (SSSR count). The fraction of sp³-hybridized carbons (Fsp3) is 0.375. The molecule has 1 unspecified atom stereocenters. The topological polar surface area (TPSA) is 55.4 Å². The van der Waals surface area contributed by atoms with Gasteiger partial charge in [-0.3, -0.25) is 4.79 Å². The first kappa shape index (κ1) is 18.6. The Kier molecular flexibility index (Phi) is 8.77. The van der Waals surface area contributed by atoms with Crippen LogP contribution in [0.15, 0.2) is 30.3 Å². The molecule has 0 saturated heterocycles. The van der Waals surface area contributed by atoms with Gasteiger partial charge >= 0.3 is 5.97 Å². The molecule has 0 fully saturated rings. The van der Waals surface area contributed by atoms with Crippen LogP contribution in [0.5, 0.6) is 0 Å². The zero-order valence-corrected chi connectivity index (χ0v) is 14.6. The minimum absolute atomic E-state index is 0.305. The maximum atomic E-state index is 11.9. The number of ether oxygens (including phenoxy) is 1. The average molecular weight is 339 g/mol. The second-order valence-corrected chi connectivity index (χ2v) is 6.87. The predicted molar refractivity (Wildman–Crippen MR) is 95.0 cm³/mol. The Morgan fingerprint density at radius 3 is 2.59 bits per heavy atom. The van der Waals surface area contributed by atoms with Gasteiger partial charge < -0.3 is 10.1 Å². The smallest absolute Gasteiger partial charge is 0.329 e. The van der Waals surface area contributed by atoms with Crippen LogP contribution in [0, 0.1) is 6.92 Å². The highest BCUT2D eigenvalue weighted by Gasteiger charge is 2.20. The van der Waals surface area contributed by atoms with E-state index in [0.29, 0.717) is 5.75 Å². The second kappa shape index (κ2) is 10.3. The molecule has 0 aliphatic rings. The number of thioether (sulfide) groups is 2. The molecule has 22 heavy (non-hydrogen) atoms. The van der Waals surface area contributed by atoms with Crippen molar-refractivity contribution < 1.29 is 14.3 Å². The van der Waals surface area contributed by atoms with Gasteiger partial charge in [0.1, 0.15) is 6.04 Å². The van der Waals surface area contributed by atoms with E-state index in [-0.39, 0.29) is 5.91 Å². The number of rotatable bonds is 8. The molecule has 4 nitrogen and oxygen atoms in total. The Morgan fingerprint density at radius 2 is 2.00 bits per heavy atom. The Labute approximate surface area is 140 Å². The van der Waals surface area contributed by atoms with Crippen molar-refractivity contribution >= 4 is 41.5 Å². The number of esters is 1. The molecular formula is C16H21NO3S2. The molecule has 0 aliphatic carbocycles. The third-order valence-corrected chi connectivity index (χ3v) is 4.97. The number of amides is 1. The maximum Gasteiger partial charge on any atom is 0.329 e. The van der Waals surface area contributed by atoms with Crippen LogP contribution in [0.4, 0.5) is 0 Å². The number of benzene rings is 1. The minimum Gasteiger partial charge on any atom is -0.467 e. The highest BCUT2D eigenvalue weighted by Crippen LogP contribution is 2.11. The van der Waals surface area contributed by atoms with Crippen molar-refractivity contribution in [1.82, 2.24) is 5.32 Å². The lowest BCUT2D eigenvalue weighted by molar-refractivity contribution is -0.143. The average Bonchev–Trinajstić information content (AvgIpc) is 2.53. The van der Waals surface area contributed by atoms with E-state index in [1.54, 1.807) is 29.6 Å². The number of hydrogen-bond donors (Lipinski definition) is 1. The zero-order valence-electron chi connectivity index (χ0n) is 13.0. The molecule has 1 aromatic rings. The molecule has 1 amide bonds. The molecule has 1 aromatic carbocycles. The van der Waals surface area contributed by atoms with E-state index in [1.165, 1.54) is 13.2 Å². The fourth-order valence-corrected chi connectivity index (χ4v) is 3.14. The van der Waals surface area contributed by atoms with Gasteiger partial charge in [0.05, 0.1) is 7.11 Å². The van der Waals surface area contributed by atoms with E-state index in [1.807, 2.05) is 37.4 Å². The summed E-state index contributed by atoms with van der Waals surface area (Å²) in [4.78, 5) is 23.6. The normalized spacial score (nSPS) is 12.1. The molecule has 0 spiro atoms. The number of methoxy groups -OCH3 is 1. The van der Waals surface area contributed by atoms with E-state index in [9.17, 15) is 9.59 Å². The van der Waals surface area contributed by atoms with Crippen LogP contribution in [-0.2, 0) is 14.3 Å². The Hall–Kier alpha value is -1.40. The van der Waals surface area contributed by atoms with E-state index in [4.69, 9.17) is 4.74 Å².